The third-order valence-electron chi connectivity index (χ3n) is 4.30. The molecule has 3 aromatic rings. The molecule has 0 spiro atoms. The molecule has 5 nitrogen and oxygen atoms in total. The second kappa shape index (κ2) is 10.2. The van der Waals surface area contributed by atoms with Crippen LogP contribution in [0.3, 0.4) is 0 Å². The number of carbonyl (C=O) groups is 1. The largest absolute Gasteiger partial charge is 0.508 e. The standard InChI is InChI=1S/C23H20F2N2O3S/c1-14-10-19(22(24)25)27-23(26-14)31-13-17-11-15(7-9-21(17)30-2)6-8-20(29)16-4-3-5-18(28)12-16/h3-12,22,28H,13H2,1-2H3/b8-6+. The monoisotopic (exact) mass is 442 g/mol. The van der Waals surface area contributed by atoms with E-state index in [0.29, 0.717) is 22.8 Å². The number of carbonyl (C=O) groups excluding carboxylic acids is 1. The van der Waals surface area contributed by atoms with E-state index in [1.54, 1.807) is 44.4 Å². The van der Waals surface area contributed by atoms with Crippen LogP contribution in [0.4, 0.5) is 8.78 Å². The lowest BCUT2D eigenvalue weighted by Crippen LogP contribution is -1.98. The number of alkyl halides is 2. The van der Waals surface area contributed by atoms with Crippen LogP contribution in [-0.4, -0.2) is 28.0 Å². The minimum absolute atomic E-state index is 0.0244. The van der Waals surface area contributed by atoms with Crippen LogP contribution in [0.25, 0.3) is 6.08 Å². The summed E-state index contributed by atoms with van der Waals surface area (Å²) in [5.41, 5.74) is 2.13. The van der Waals surface area contributed by atoms with Crippen molar-refractivity contribution in [1.82, 2.24) is 9.97 Å². The van der Waals surface area contributed by atoms with Crippen molar-refractivity contribution in [3.63, 3.8) is 0 Å². The molecule has 3 rings (SSSR count). The number of aromatic hydroxyl groups is 1. The number of hydrogen-bond donors (Lipinski definition) is 1. The van der Waals surface area contributed by atoms with E-state index in [0.717, 1.165) is 11.1 Å². The molecule has 1 heterocycles. The fourth-order valence-corrected chi connectivity index (χ4v) is 3.71. The molecule has 0 bridgehead atoms. The second-order valence-electron chi connectivity index (χ2n) is 6.63. The van der Waals surface area contributed by atoms with Gasteiger partial charge in [0.05, 0.1) is 7.11 Å². The SMILES string of the molecule is COc1ccc(/C=C/C(=O)c2cccc(O)c2)cc1CSc1nc(C)cc(C(F)F)n1. The summed E-state index contributed by atoms with van der Waals surface area (Å²) < 4.78 is 31.4. The first kappa shape index (κ1) is 22.4. The van der Waals surface area contributed by atoms with Crippen LogP contribution in [0.15, 0.2) is 59.8 Å². The second-order valence-corrected chi connectivity index (χ2v) is 7.57. The van der Waals surface area contributed by atoms with E-state index in [9.17, 15) is 18.7 Å². The molecule has 8 heteroatoms. The molecule has 0 fully saturated rings. The van der Waals surface area contributed by atoms with Crippen molar-refractivity contribution in [2.75, 3.05) is 7.11 Å². The van der Waals surface area contributed by atoms with Crippen molar-refractivity contribution >= 4 is 23.6 Å². The Morgan fingerprint density at radius 2 is 2.00 bits per heavy atom. The van der Waals surface area contributed by atoms with Crippen molar-refractivity contribution < 1.29 is 23.4 Å². The number of aryl methyl sites for hydroxylation is 1. The minimum atomic E-state index is -2.66. The van der Waals surface area contributed by atoms with Crippen LogP contribution in [0.2, 0.25) is 0 Å². The van der Waals surface area contributed by atoms with E-state index in [-0.39, 0.29) is 22.4 Å². The smallest absolute Gasteiger partial charge is 0.280 e. The maximum absolute atomic E-state index is 13.0. The Morgan fingerprint density at radius 3 is 2.71 bits per heavy atom. The van der Waals surface area contributed by atoms with Gasteiger partial charge >= 0.3 is 0 Å². The topological polar surface area (TPSA) is 72.3 Å². The molecule has 0 aliphatic rings. The fraction of sp³-hybridized carbons (Fsp3) is 0.174. The number of rotatable bonds is 8. The lowest BCUT2D eigenvalue weighted by Gasteiger charge is -2.10. The summed E-state index contributed by atoms with van der Waals surface area (Å²) >= 11 is 1.23. The normalized spacial score (nSPS) is 11.3. The molecule has 1 aromatic heterocycles. The number of ether oxygens (including phenoxy) is 1. The van der Waals surface area contributed by atoms with Crippen LogP contribution < -0.4 is 4.74 Å². The predicted octanol–water partition coefficient (Wildman–Crippen LogP) is 5.63. The predicted molar refractivity (Wildman–Crippen MR) is 116 cm³/mol. The summed E-state index contributed by atoms with van der Waals surface area (Å²) in [6, 6.07) is 12.8. The number of aromatic nitrogens is 2. The number of halogens is 2. The highest BCUT2D eigenvalue weighted by Crippen LogP contribution is 2.29. The van der Waals surface area contributed by atoms with Gasteiger partial charge in [0.15, 0.2) is 10.9 Å². The number of ketones is 1. The van der Waals surface area contributed by atoms with E-state index < -0.39 is 6.43 Å². The number of phenols is 1. The number of benzene rings is 2. The van der Waals surface area contributed by atoms with Gasteiger partial charge in [-0.05, 0) is 48.9 Å². The summed E-state index contributed by atoms with van der Waals surface area (Å²) in [4.78, 5) is 20.4. The summed E-state index contributed by atoms with van der Waals surface area (Å²) in [5, 5.41) is 9.78. The number of allylic oxidation sites excluding steroid dienone is 1. The van der Waals surface area contributed by atoms with Crippen molar-refractivity contribution in [1.29, 1.82) is 0 Å². The van der Waals surface area contributed by atoms with Gasteiger partial charge in [-0.1, -0.05) is 36.0 Å². The molecule has 0 aliphatic heterocycles. The van der Waals surface area contributed by atoms with Gasteiger partial charge in [0, 0.05) is 22.6 Å². The van der Waals surface area contributed by atoms with Crippen LogP contribution in [0, 0.1) is 6.92 Å². The van der Waals surface area contributed by atoms with Gasteiger partial charge in [-0.15, -0.1) is 0 Å². The Balaban J connectivity index is 1.77. The van der Waals surface area contributed by atoms with Gasteiger partial charge in [-0.25, -0.2) is 18.7 Å². The maximum atomic E-state index is 13.0. The van der Waals surface area contributed by atoms with Gasteiger partial charge in [0.25, 0.3) is 6.43 Å². The summed E-state index contributed by atoms with van der Waals surface area (Å²) in [6.07, 6.45) is 0.428. The average molecular weight is 442 g/mol. The molecule has 2 aromatic carbocycles. The highest BCUT2D eigenvalue weighted by Gasteiger charge is 2.13. The Hall–Kier alpha value is -3.26. The van der Waals surface area contributed by atoms with E-state index in [1.807, 2.05) is 6.07 Å². The van der Waals surface area contributed by atoms with Crippen molar-refractivity contribution in [3.8, 4) is 11.5 Å². The summed E-state index contributed by atoms with van der Waals surface area (Å²) in [5.74, 6) is 0.815. The van der Waals surface area contributed by atoms with Crippen molar-refractivity contribution in [2.45, 2.75) is 24.3 Å². The zero-order chi connectivity index (χ0) is 22.4. The number of nitrogens with zero attached hydrogens (tertiary/aromatic N) is 2. The lowest BCUT2D eigenvalue weighted by atomic mass is 10.1. The van der Waals surface area contributed by atoms with E-state index in [2.05, 4.69) is 9.97 Å². The van der Waals surface area contributed by atoms with Crippen molar-refractivity contribution in [3.05, 3.63) is 82.7 Å². The van der Waals surface area contributed by atoms with E-state index in [1.165, 1.54) is 36.0 Å². The van der Waals surface area contributed by atoms with Crippen molar-refractivity contribution in [2.24, 2.45) is 0 Å². The zero-order valence-corrected chi connectivity index (χ0v) is 17.7. The fourth-order valence-electron chi connectivity index (χ4n) is 2.83. The quantitative estimate of drug-likeness (QED) is 0.211. The molecule has 160 valence electrons. The highest BCUT2D eigenvalue weighted by atomic mass is 32.2. The molecule has 0 saturated heterocycles. The Bertz CT molecular complexity index is 1120. The average Bonchev–Trinajstić information content (AvgIpc) is 2.75. The molecule has 0 amide bonds. The maximum Gasteiger partial charge on any atom is 0.280 e. The molecular weight excluding hydrogens is 422 g/mol. The number of thioether (sulfide) groups is 1. The Labute approximate surface area is 182 Å². The third-order valence-corrected chi connectivity index (χ3v) is 5.19. The van der Waals surface area contributed by atoms with Gasteiger partial charge < -0.3 is 9.84 Å². The Kier molecular flexibility index (Phi) is 7.36. The highest BCUT2D eigenvalue weighted by molar-refractivity contribution is 7.98. The summed E-state index contributed by atoms with van der Waals surface area (Å²) in [6.45, 7) is 1.65. The van der Waals surface area contributed by atoms with E-state index >= 15 is 0 Å². The molecule has 31 heavy (non-hydrogen) atoms. The van der Waals surface area contributed by atoms with Crippen LogP contribution in [-0.2, 0) is 5.75 Å². The van der Waals surface area contributed by atoms with Gasteiger partial charge in [-0.2, -0.15) is 0 Å². The Morgan fingerprint density at radius 1 is 1.19 bits per heavy atom. The van der Waals surface area contributed by atoms with Gasteiger partial charge in [-0.3, -0.25) is 4.79 Å². The van der Waals surface area contributed by atoms with E-state index in [4.69, 9.17) is 4.74 Å². The zero-order valence-electron chi connectivity index (χ0n) is 16.9. The third kappa shape index (κ3) is 6.11. The van der Waals surface area contributed by atoms with Gasteiger partial charge in [0.1, 0.15) is 17.2 Å². The van der Waals surface area contributed by atoms with Crippen LogP contribution in [0.5, 0.6) is 11.5 Å². The summed E-state index contributed by atoms with van der Waals surface area (Å²) in [7, 11) is 1.54. The first-order valence-electron chi connectivity index (χ1n) is 9.30. The van der Waals surface area contributed by atoms with Crippen LogP contribution in [0.1, 0.15) is 39.3 Å². The first-order valence-corrected chi connectivity index (χ1v) is 10.3. The molecule has 1 N–H and O–H groups in total. The van der Waals surface area contributed by atoms with Crippen LogP contribution >= 0.6 is 11.8 Å². The lowest BCUT2D eigenvalue weighted by molar-refractivity contribution is 0.104. The first-order chi connectivity index (χ1) is 14.9. The molecule has 0 radical (unpaired) electrons. The molecule has 0 aliphatic carbocycles. The molecule has 0 unspecified atom stereocenters. The number of methoxy groups -OCH3 is 1. The minimum Gasteiger partial charge on any atom is -0.508 e. The number of hydrogen-bond acceptors (Lipinski definition) is 6. The molecule has 0 saturated carbocycles. The molecule has 0 atom stereocenters. The van der Waals surface area contributed by atoms with Gasteiger partial charge in [0.2, 0.25) is 0 Å². The number of phenolic OH excluding ortho intramolecular Hbond substituents is 1. The molecular formula is C23H20F2N2O3S.